The van der Waals surface area contributed by atoms with Gasteiger partial charge in [0.15, 0.2) is 0 Å². The monoisotopic (exact) mass is 358 g/mol. The number of nitrogens with zero attached hydrogens (tertiary/aromatic N) is 4. The third-order valence-electron chi connectivity index (χ3n) is 6.80. The highest BCUT2D eigenvalue weighted by Crippen LogP contribution is 2.37. The van der Waals surface area contributed by atoms with Crippen molar-refractivity contribution >= 4 is 5.95 Å². The molecule has 1 aliphatic carbocycles. The van der Waals surface area contributed by atoms with E-state index in [1.807, 2.05) is 0 Å². The molecule has 1 saturated carbocycles. The summed E-state index contributed by atoms with van der Waals surface area (Å²) in [6.07, 6.45) is 12.0. The van der Waals surface area contributed by atoms with E-state index in [9.17, 15) is 0 Å². The molecule has 0 aromatic carbocycles. The van der Waals surface area contributed by atoms with Crippen LogP contribution in [0, 0.1) is 11.8 Å². The first-order valence-electron chi connectivity index (χ1n) is 10.5. The van der Waals surface area contributed by atoms with Crippen LogP contribution >= 0.6 is 0 Å². The van der Waals surface area contributed by atoms with Crippen LogP contribution < -0.4 is 4.90 Å². The Kier molecular flexibility index (Phi) is 5.75. The number of hydrogen-bond donors (Lipinski definition) is 0. The molecule has 3 saturated heterocycles. The lowest BCUT2D eigenvalue weighted by Gasteiger charge is -2.37. The molecule has 0 spiro atoms. The van der Waals surface area contributed by atoms with Crippen molar-refractivity contribution in [3.8, 4) is 0 Å². The van der Waals surface area contributed by atoms with E-state index in [-0.39, 0.29) is 0 Å². The van der Waals surface area contributed by atoms with E-state index >= 15 is 0 Å². The van der Waals surface area contributed by atoms with Crippen LogP contribution in [0.25, 0.3) is 0 Å². The summed E-state index contributed by atoms with van der Waals surface area (Å²) in [6, 6.07) is 0.652. The molecule has 26 heavy (non-hydrogen) atoms. The van der Waals surface area contributed by atoms with E-state index in [2.05, 4.69) is 29.1 Å². The molecule has 0 radical (unpaired) electrons. The summed E-state index contributed by atoms with van der Waals surface area (Å²) in [6.45, 7) is 7.77. The molecule has 1 aromatic heterocycles. The van der Waals surface area contributed by atoms with Crippen LogP contribution in [0.1, 0.15) is 56.9 Å². The molecule has 3 unspecified atom stereocenters. The molecule has 1 aromatic rings. The zero-order valence-corrected chi connectivity index (χ0v) is 16.4. The van der Waals surface area contributed by atoms with Crippen molar-refractivity contribution in [3.05, 3.63) is 18.0 Å². The van der Waals surface area contributed by atoms with Gasteiger partial charge in [-0.05, 0) is 74.9 Å². The number of ether oxygens (including phenoxy) is 1. The number of fused-ring (bicyclic) bond motifs is 4. The van der Waals surface area contributed by atoms with Crippen molar-refractivity contribution in [1.29, 1.82) is 0 Å². The summed E-state index contributed by atoms with van der Waals surface area (Å²) in [5, 5.41) is 0. The lowest BCUT2D eigenvalue weighted by atomic mass is 9.91. The highest BCUT2D eigenvalue weighted by molar-refractivity contribution is 5.34. The second-order valence-electron chi connectivity index (χ2n) is 8.75. The fraction of sp³-hybridized carbons (Fsp3) is 0.810. The van der Waals surface area contributed by atoms with Gasteiger partial charge in [0.1, 0.15) is 0 Å². The van der Waals surface area contributed by atoms with Crippen LogP contribution in [0.5, 0.6) is 0 Å². The van der Waals surface area contributed by atoms with Crippen LogP contribution in [0.2, 0.25) is 0 Å². The van der Waals surface area contributed by atoms with Gasteiger partial charge in [0, 0.05) is 38.6 Å². The largest absolute Gasteiger partial charge is 0.383 e. The van der Waals surface area contributed by atoms with Gasteiger partial charge in [-0.3, -0.25) is 0 Å². The number of rotatable bonds is 5. The molecular formula is C21H34N4O. The molecule has 5 heteroatoms. The van der Waals surface area contributed by atoms with Crippen molar-refractivity contribution in [2.75, 3.05) is 44.8 Å². The predicted octanol–water partition coefficient (Wildman–Crippen LogP) is 3.32. The fourth-order valence-corrected chi connectivity index (χ4v) is 5.32. The van der Waals surface area contributed by atoms with Gasteiger partial charge < -0.3 is 14.5 Å². The van der Waals surface area contributed by atoms with E-state index in [1.165, 1.54) is 44.1 Å². The summed E-state index contributed by atoms with van der Waals surface area (Å²) >= 11 is 0. The molecule has 0 N–H and O–H groups in total. The predicted molar refractivity (Wildman–Crippen MR) is 105 cm³/mol. The van der Waals surface area contributed by atoms with Gasteiger partial charge in [0.05, 0.1) is 6.61 Å². The minimum Gasteiger partial charge on any atom is -0.383 e. The van der Waals surface area contributed by atoms with Gasteiger partial charge in [-0.2, -0.15) is 0 Å². The Labute approximate surface area is 158 Å². The molecule has 4 aliphatic rings. The quantitative estimate of drug-likeness (QED) is 0.808. The van der Waals surface area contributed by atoms with Crippen molar-refractivity contribution < 1.29 is 4.74 Å². The third-order valence-corrected chi connectivity index (χ3v) is 6.80. The molecule has 2 bridgehead atoms. The molecule has 3 aliphatic heterocycles. The number of methoxy groups -OCH3 is 1. The topological polar surface area (TPSA) is 41.5 Å². The van der Waals surface area contributed by atoms with Crippen LogP contribution in [0.3, 0.4) is 0 Å². The summed E-state index contributed by atoms with van der Waals surface area (Å²) in [4.78, 5) is 14.6. The van der Waals surface area contributed by atoms with Gasteiger partial charge >= 0.3 is 0 Å². The zero-order valence-electron chi connectivity index (χ0n) is 16.4. The Bertz CT molecular complexity index is 570. The Morgan fingerprint density at radius 3 is 2.58 bits per heavy atom. The average molecular weight is 359 g/mol. The van der Waals surface area contributed by atoms with Crippen LogP contribution in [0.4, 0.5) is 5.95 Å². The van der Waals surface area contributed by atoms with Crippen molar-refractivity contribution in [2.24, 2.45) is 11.8 Å². The Morgan fingerprint density at radius 1 is 1.08 bits per heavy atom. The highest BCUT2D eigenvalue weighted by Gasteiger charge is 2.35. The first-order chi connectivity index (χ1) is 12.7. The summed E-state index contributed by atoms with van der Waals surface area (Å²) < 4.78 is 5.20. The Morgan fingerprint density at radius 2 is 1.85 bits per heavy atom. The number of aromatic nitrogens is 2. The number of piperidine rings is 2. The van der Waals surface area contributed by atoms with E-state index in [0.29, 0.717) is 12.0 Å². The maximum atomic E-state index is 5.20. The lowest BCUT2D eigenvalue weighted by molar-refractivity contribution is 0.130. The van der Waals surface area contributed by atoms with Crippen LogP contribution in [0.15, 0.2) is 12.4 Å². The summed E-state index contributed by atoms with van der Waals surface area (Å²) in [5.74, 6) is 3.27. The second kappa shape index (κ2) is 8.22. The average Bonchev–Trinajstić information content (AvgIpc) is 2.96. The molecule has 0 amide bonds. The van der Waals surface area contributed by atoms with Gasteiger partial charge in [-0.25, -0.2) is 9.97 Å². The minimum atomic E-state index is 0.614. The van der Waals surface area contributed by atoms with Crippen molar-refractivity contribution in [1.82, 2.24) is 14.9 Å². The van der Waals surface area contributed by atoms with Crippen molar-refractivity contribution in [2.45, 2.75) is 57.4 Å². The molecular weight excluding hydrogens is 324 g/mol. The smallest absolute Gasteiger partial charge is 0.225 e. The second-order valence-corrected chi connectivity index (χ2v) is 8.75. The molecule has 3 atom stereocenters. The zero-order chi connectivity index (χ0) is 17.9. The number of likely N-dealkylation sites (tertiary alicyclic amines) is 1. The summed E-state index contributed by atoms with van der Waals surface area (Å²) in [5.41, 5.74) is 1.33. The molecule has 5 nitrogen and oxygen atoms in total. The van der Waals surface area contributed by atoms with Crippen molar-refractivity contribution in [3.63, 3.8) is 0 Å². The van der Waals surface area contributed by atoms with E-state index < -0.39 is 0 Å². The fourth-order valence-electron chi connectivity index (χ4n) is 5.32. The van der Waals surface area contributed by atoms with Gasteiger partial charge in [0.2, 0.25) is 5.95 Å². The normalized spacial score (nSPS) is 30.5. The van der Waals surface area contributed by atoms with E-state index in [1.54, 1.807) is 7.11 Å². The van der Waals surface area contributed by atoms with Gasteiger partial charge in [-0.15, -0.1) is 0 Å². The van der Waals surface area contributed by atoms with Crippen LogP contribution in [-0.4, -0.2) is 60.8 Å². The third kappa shape index (κ3) is 4.04. The molecule has 4 fully saturated rings. The standard InChI is InChI=1S/C21H34N4O/c1-16-11-17-3-4-20(12-16)25(15-17)21-22-13-19(14-23-21)18-5-7-24(8-6-18)9-10-26-2/h13-14,16-18,20H,3-12,15H2,1-2H3. The minimum absolute atomic E-state index is 0.614. The van der Waals surface area contributed by atoms with Gasteiger partial charge in [0.25, 0.3) is 0 Å². The molecule has 5 rings (SSSR count). The summed E-state index contributed by atoms with van der Waals surface area (Å²) in [7, 11) is 1.78. The lowest BCUT2D eigenvalue weighted by Crippen LogP contribution is -2.42. The number of anilines is 1. The van der Waals surface area contributed by atoms with Crippen LogP contribution in [-0.2, 0) is 4.74 Å². The Balaban J connectivity index is 1.37. The maximum absolute atomic E-state index is 5.20. The van der Waals surface area contributed by atoms with E-state index in [4.69, 9.17) is 14.7 Å². The molecule has 144 valence electrons. The number of hydrogen-bond acceptors (Lipinski definition) is 5. The molecule has 4 heterocycles. The maximum Gasteiger partial charge on any atom is 0.225 e. The Hall–Kier alpha value is -1.20. The highest BCUT2D eigenvalue weighted by atomic mass is 16.5. The van der Waals surface area contributed by atoms with Gasteiger partial charge in [-0.1, -0.05) is 6.92 Å². The SMILES string of the molecule is COCCN1CCC(c2cnc(N3CC4CCC3CC(C)C4)nc2)CC1. The first-order valence-corrected chi connectivity index (χ1v) is 10.5. The van der Waals surface area contributed by atoms with E-state index in [0.717, 1.165) is 50.6 Å². The first kappa shape index (κ1) is 18.2.